The molecule has 0 aromatic heterocycles. The Morgan fingerprint density at radius 2 is 1.59 bits per heavy atom. The summed E-state index contributed by atoms with van der Waals surface area (Å²) in [4.78, 5) is 19.4. The minimum Gasteiger partial charge on any atom is -0.444 e. The number of amides is 1. The van der Waals surface area contributed by atoms with Crippen molar-refractivity contribution < 1.29 is 9.53 Å². The number of hydrogen-bond donors (Lipinski definition) is 1. The molecule has 3 saturated heterocycles. The summed E-state index contributed by atoms with van der Waals surface area (Å²) in [6, 6.07) is 0.811. The van der Waals surface area contributed by atoms with Gasteiger partial charge in [-0.25, -0.2) is 4.79 Å². The maximum absolute atomic E-state index is 12.2. The lowest BCUT2D eigenvalue weighted by Crippen LogP contribution is -2.53. The van der Waals surface area contributed by atoms with Crippen molar-refractivity contribution >= 4 is 6.09 Å². The number of piperazine rings is 1. The van der Waals surface area contributed by atoms with Gasteiger partial charge in [-0.1, -0.05) is 0 Å². The minimum atomic E-state index is -0.399. The van der Waals surface area contributed by atoms with Crippen LogP contribution in [0.2, 0.25) is 0 Å². The largest absolute Gasteiger partial charge is 0.444 e. The molecule has 27 heavy (non-hydrogen) atoms. The number of nitrogens with zero attached hydrogens (tertiary/aromatic N) is 3. The highest BCUT2D eigenvalue weighted by Gasteiger charge is 2.28. The van der Waals surface area contributed by atoms with Crippen molar-refractivity contribution in [2.75, 3.05) is 58.9 Å². The molecule has 0 radical (unpaired) electrons. The van der Waals surface area contributed by atoms with Crippen molar-refractivity contribution in [1.82, 2.24) is 20.0 Å². The lowest BCUT2D eigenvalue weighted by molar-refractivity contribution is 0.0173. The van der Waals surface area contributed by atoms with Crippen LogP contribution in [-0.2, 0) is 4.74 Å². The van der Waals surface area contributed by atoms with Crippen LogP contribution in [0.5, 0.6) is 0 Å². The number of carbonyl (C=O) groups excluding carboxylic acids is 1. The molecular weight excluding hydrogens is 340 g/mol. The standard InChI is InChI=1S/C21H40N4O2/c1-21(2,3)27-20(26)25-12-7-18(8-13-25)6-11-23-14-16-24(17-15-23)19-4-9-22-10-5-19/h18-19,22H,4-17H2,1-3H3. The van der Waals surface area contributed by atoms with E-state index in [1.54, 1.807) is 0 Å². The van der Waals surface area contributed by atoms with Gasteiger partial charge in [0.2, 0.25) is 0 Å². The number of ether oxygens (including phenoxy) is 1. The molecule has 0 aromatic carbocycles. The second-order valence-corrected chi connectivity index (χ2v) is 9.56. The normalized spacial score (nSPS) is 24.9. The van der Waals surface area contributed by atoms with Crippen LogP contribution < -0.4 is 5.32 Å². The first-order valence-electron chi connectivity index (χ1n) is 11.1. The summed E-state index contributed by atoms with van der Waals surface area (Å²) in [7, 11) is 0. The summed E-state index contributed by atoms with van der Waals surface area (Å²) in [6.07, 6.45) is 6.00. The zero-order valence-electron chi connectivity index (χ0n) is 17.7. The van der Waals surface area contributed by atoms with Gasteiger partial charge in [0.1, 0.15) is 5.60 Å². The van der Waals surface area contributed by atoms with E-state index in [0.29, 0.717) is 0 Å². The Morgan fingerprint density at radius 3 is 2.19 bits per heavy atom. The number of piperidine rings is 2. The molecule has 6 heteroatoms. The zero-order chi connectivity index (χ0) is 19.3. The molecule has 3 heterocycles. The molecule has 3 rings (SSSR count). The van der Waals surface area contributed by atoms with Crippen LogP contribution in [0.3, 0.4) is 0 Å². The van der Waals surface area contributed by atoms with Crippen LogP contribution in [0.15, 0.2) is 0 Å². The highest BCUT2D eigenvalue weighted by Crippen LogP contribution is 2.23. The van der Waals surface area contributed by atoms with Crippen LogP contribution in [0, 0.1) is 5.92 Å². The maximum Gasteiger partial charge on any atom is 0.410 e. The molecule has 1 amide bonds. The third kappa shape index (κ3) is 6.61. The summed E-state index contributed by atoms with van der Waals surface area (Å²) >= 11 is 0. The van der Waals surface area contributed by atoms with Crippen LogP contribution in [0.25, 0.3) is 0 Å². The van der Waals surface area contributed by atoms with E-state index in [0.717, 1.165) is 37.9 Å². The third-order valence-electron chi connectivity index (χ3n) is 6.35. The average molecular weight is 381 g/mol. The summed E-state index contributed by atoms with van der Waals surface area (Å²) in [5.74, 6) is 0.756. The second kappa shape index (κ2) is 9.57. The van der Waals surface area contributed by atoms with E-state index in [9.17, 15) is 4.79 Å². The van der Waals surface area contributed by atoms with Crippen molar-refractivity contribution in [3.8, 4) is 0 Å². The maximum atomic E-state index is 12.2. The van der Waals surface area contributed by atoms with Gasteiger partial charge in [0.15, 0.2) is 0 Å². The molecule has 6 nitrogen and oxygen atoms in total. The molecule has 0 atom stereocenters. The molecule has 3 aliphatic heterocycles. The summed E-state index contributed by atoms with van der Waals surface area (Å²) in [5, 5.41) is 3.47. The van der Waals surface area contributed by atoms with E-state index in [1.165, 1.54) is 65.1 Å². The highest BCUT2D eigenvalue weighted by atomic mass is 16.6. The minimum absolute atomic E-state index is 0.144. The first-order valence-corrected chi connectivity index (χ1v) is 11.1. The van der Waals surface area contributed by atoms with Crippen LogP contribution in [0.1, 0.15) is 52.9 Å². The number of likely N-dealkylation sites (tertiary alicyclic amines) is 1. The monoisotopic (exact) mass is 380 g/mol. The molecule has 3 aliphatic rings. The van der Waals surface area contributed by atoms with E-state index < -0.39 is 5.60 Å². The van der Waals surface area contributed by atoms with E-state index >= 15 is 0 Å². The second-order valence-electron chi connectivity index (χ2n) is 9.56. The smallest absolute Gasteiger partial charge is 0.410 e. The van der Waals surface area contributed by atoms with Crippen LogP contribution in [-0.4, -0.2) is 91.3 Å². The Balaban J connectivity index is 1.30. The fourth-order valence-electron chi connectivity index (χ4n) is 4.62. The van der Waals surface area contributed by atoms with Gasteiger partial charge in [0.05, 0.1) is 0 Å². The molecular formula is C21H40N4O2. The summed E-state index contributed by atoms with van der Waals surface area (Å²) in [6.45, 7) is 16.0. The van der Waals surface area contributed by atoms with Gasteiger partial charge >= 0.3 is 6.09 Å². The van der Waals surface area contributed by atoms with Crippen molar-refractivity contribution in [2.24, 2.45) is 5.92 Å². The first-order chi connectivity index (χ1) is 12.9. The summed E-state index contributed by atoms with van der Waals surface area (Å²) < 4.78 is 5.50. The number of hydrogen-bond acceptors (Lipinski definition) is 5. The number of carbonyl (C=O) groups is 1. The molecule has 0 bridgehead atoms. The number of nitrogens with one attached hydrogen (secondary N) is 1. The fourth-order valence-corrected chi connectivity index (χ4v) is 4.62. The van der Waals surface area contributed by atoms with E-state index in [2.05, 4.69) is 15.1 Å². The Hall–Kier alpha value is -0.850. The fraction of sp³-hybridized carbons (Fsp3) is 0.952. The molecule has 0 saturated carbocycles. The van der Waals surface area contributed by atoms with Gasteiger partial charge in [-0.05, 0) is 78.4 Å². The highest BCUT2D eigenvalue weighted by molar-refractivity contribution is 5.68. The van der Waals surface area contributed by atoms with Gasteiger partial charge < -0.3 is 19.9 Å². The molecule has 1 N–H and O–H groups in total. The van der Waals surface area contributed by atoms with Crippen LogP contribution in [0.4, 0.5) is 4.79 Å². The SMILES string of the molecule is CC(C)(C)OC(=O)N1CCC(CCN2CCN(C3CCNCC3)CC2)CC1. The van der Waals surface area contributed by atoms with Crippen molar-refractivity contribution in [2.45, 2.75) is 64.5 Å². The van der Waals surface area contributed by atoms with Gasteiger partial charge in [-0.3, -0.25) is 4.90 Å². The lowest BCUT2D eigenvalue weighted by Gasteiger charge is -2.41. The average Bonchev–Trinajstić information content (AvgIpc) is 2.66. The topological polar surface area (TPSA) is 48.1 Å². The Morgan fingerprint density at radius 1 is 0.963 bits per heavy atom. The van der Waals surface area contributed by atoms with Gasteiger partial charge in [0.25, 0.3) is 0 Å². The Bertz CT molecular complexity index is 457. The first kappa shape index (κ1) is 20.9. The van der Waals surface area contributed by atoms with Crippen LogP contribution >= 0.6 is 0 Å². The van der Waals surface area contributed by atoms with E-state index in [-0.39, 0.29) is 6.09 Å². The molecule has 156 valence electrons. The van der Waals surface area contributed by atoms with Crippen molar-refractivity contribution in [3.63, 3.8) is 0 Å². The molecule has 0 unspecified atom stereocenters. The Kier molecular flexibility index (Phi) is 7.40. The Labute approximate surface area is 165 Å². The van der Waals surface area contributed by atoms with Crippen molar-refractivity contribution in [3.05, 3.63) is 0 Å². The predicted molar refractivity (Wildman–Crippen MR) is 109 cm³/mol. The third-order valence-corrected chi connectivity index (χ3v) is 6.35. The lowest BCUT2D eigenvalue weighted by atomic mass is 9.93. The van der Waals surface area contributed by atoms with E-state index in [1.807, 2.05) is 25.7 Å². The number of rotatable bonds is 4. The predicted octanol–water partition coefficient (Wildman–Crippen LogP) is 2.39. The van der Waals surface area contributed by atoms with Crippen molar-refractivity contribution in [1.29, 1.82) is 0 Å². The summed E-state index contributed by atoms with van der Waals surface area (Å²) in [5.41, 5.74) is -0.399. The van der Waals surface area contributed by atoms with Gasteiger partial charge in [-0.15, -0.1) is 0 Å². The van der Waals surface area contributed by atoms with Gasteiger partial charge in [0, 0.05) is 45.3 Å². The molecule has 0 spiro atoms. The molecule has 0 aliphatic carbocycles. The molecule has 3 fully saturated rings. The molecule has 0 aromatic rings. The zero-order valence-corrected chi connectivity index (χ0v) is 17.7. The quantitative estimate of drug-likeness (QED) is 0.812. The van der Waals surface area contributed by atoms with Gasteiger partial charge in [-0.2, -0.15) is 0 Å². The van der Waals surface area contributed by atoms with E-state index in [4.69, 9.17) is 4.74 Å².